The normalized spacial score (nSPS) is 14.8. The number of hydrogen-bond acceptors (Lipinski definition) is 6. The lowest BCUT2D eigenvalue weighted by atomic mass is 9.91. The number of carbonyl (C=O) groups is 1. The van der Waals surface area contributed by atoms with E-state index in [1.165, 1.54) is 19.1 Å². The Hall–Kier alpha value is -3.59. The van der Waals surface area contributed by atoms with E-state index in [0.29, 0.717) is 36.1 Å². The number of anilines is 1. The monoisotopic (exact) mass is 421 g/mol. The van der Waals surface area contributed by atoms with Gasteiger partial charge in [-0.15, -0.1) is 0 Å². The van der Waals surface area contributed by atoms with Gasteiger partial charge in [0.05, 0.1) is 17.5 Å². The maximum atomic E-state index is 13.5. The minimum Gasteiger partial charge on any atom is -0.381 e. The van der Waals surface area contributed by atoms with Gasteiger partial charge in [-0.05, 0) is 49.2 Å². The molecule has 0 unspecified atom stereocenters. The van der Waals surface area contributed by atoms with Crippen LogP contribution in [0, 0.1) is 5.82 Å². The molecule has 1 aliphatic rings. The van der Waals surface area contributed by atoms with Gasteiger partial charge in [-0.3, -0.25) is 4.79 Å². The van der Waals surface area contributed by atoms with Crippen LogP contribution in [-0.2, 0) is 9.53 Å². The third-order valence-electron chi connectivity index (χ3n) is 5.31. The van der Waals surface area contributed by atoms with Crippen molar-refractivity contribution in [3.8, 4) is 22.5 Å². The van der Waals surface area contributed by atoms with Crippen LogP contribution in [0.4, 0.5) is 10.2 Å². The first-order valence-electron chi connectivity index (χ1n) is 10.1. The highest BCUT2D eigenvalue weighted by Gasteiger charge is 2.28. The van der Waals surface area contributed by atoms with E-state index >= 15 is 0 Å². The second-order valence-corrected chi connectivity index (χ2v) is 7.49. The SMILES string of the molecule is CC(=O)Nc1cn2nc(-c3c(-c4ccc(F)cc4)noc3C3CCOCC3)ccc2n1. The molecule has 1 fully saturated rings. The Morgan fingerprint density at radius 2 is 1.94 bits per heavy atom. The van der Waals surface area contributed by atoms with Gasteiger partial charge in [0, 0.05) is 31.6 Å². The predicted octanol–water partition coefficient (Wildman–Crippen LogP) is 4.04. The van der Waals surface area contributed by atoms with Crippen molar-refractivity contribution in [1.82, 2.24) is 19.8 Å². The van der Waals surface area contributed by atoms with Gasteiger partial charge in [0.2, 0.25) is 5.91 Å². The third kappa shape index (κ3) is 3.79. The lowest BCUT2D eigenvalue weighted by molar-refractivity contribution is -0.114. The van der Waals surface area contributed by atoms with Crippen LogP contribution in [0.3, 0.4) is 0 Å². The molecule has 0 atom stereocenters. The number of hydrogen-bond donors (Lipinski definition) is 1. The lowest BCUT2D eigenvalue weighted by Gasteiger charge is -2.20. The zero-order chi connectivity index (χ0) is 21.4. The van der Waals surface area contributed by atoms with E-state index in [4.69, 9.17) is 14.4 Å². The van der Waals surface area contributed by atoms with Gasteiger partial charge in [0.15, 0.2) is 11.5 Å². The van der Waals surface area contributed by atoms with E-state index in [0.717, 1.165) is 29.7 Å². The molecule has 3 aromatic heterocycles. The molecule has 5 rings (SSSR count). The number of carbonyl (C=O) groups excluding carboxylic acids is 1. The van der Waals surface area contributed by atoms with Gasteiger partial charge >= 0.3 is 0 Å². The van der Waals surface area contributed by atoms with Crippen LogP contribution in [0.2, 0.25) is 0 Å². The molecule has 0 spiro atoms. The molecule has 1 aromatic carbocycles. The average Bonchev–Trinajstić information content (AvgIpc) is 3.37. The Morgan fingerprint density at radius 1 is 1.16 bits per heavy atom. The molecule has 4 heterocycles. The van der Waals surface area contributed by atoms with Crippen molar-refractivity contribution in [2.75, 3.05) is 18.5 Å². The number of benzene rings is 1. The molecule has 1 saturated heterocycles. The summed E-state index contributed by atoms with van der Waals surface area (Å²) in [5, 5.41) is 11.7. The smallest absolute Gasteiger partial charge is 0.222 e. The van der Waals surface area contributed by atoms with E-state index in [1.807, 2.05) is 12.1 Å². The zero-order valence-corrected chi connectivity index (χ0v) is 16.8. The highest BCUT2D eigenvalue weighted by molar-refractivity contribution is 5.88. The topological polar surface area (TPSA) is 94.6 Å². The molecule has 8 nitrogen and oxygen atoms in total. The summed E-state index contributed by atoms with van der Waals surface area (Å²) in [6, 6.07) is 9.82. The summed E-state index contributed by atoms with van der Waals surface area (Å²) < 4.78 is 26.4. The number of aromatic nitrogens is 4. The number of nitrogens with zero attached hydrogens (tertiary/aromatic N) is 4. The zero-order valence-electron chi connectivity index (χ0n) is 16.8. The highest BCUT2D eigenvalue weighted by atomic mass is 19.1. The fourth-order valence-corrected chi connectivity index (χ4v) is 3.85. The molecule has 0 bridgehead atoms. The Kier molecular flexibility index (Phi) is 4.95. The van der Waals surface area contributed by atoms with Gasteiger partial charge in [0.25, 0.3) is 0 Å². The number of rotatable bonds is 4. The van der Waals surface area contributed by atoms with Crippen LogP contribution >= 0.6 is 0 Å². The summed E-state index contributed by atoms with van der Waals surface area (Å²) in [6.45, 7) is 2.74. The second-order valence-electron chi connectivity index (χ2n) is 7.49. The first-order chi connectivity index (χ1) is 15.1. The molecule has 4 aromatic rings. The van der Waals surface area contributed by atoms with Crippen molar-refractivity contribution in [3.05, 3.63) is 54.2 Å². The van der Waals surface area contributed by atoms with Crippen molar-refractivity contribution in [2.24, 2.45) is 0 Å². The van der Waals surface area contributed by atoms with Gasteiger partial charge in [-0.1, -0.05) is 5.16 Å². The van der Waals surface area contributed by atoms with Crippen LogP contribution < -0.4 is 5.32 Å². The van der Waals surface area contributed by atoms with Gasteiger partial charge < -0.3 is 14.6 Å². The molecule has 9 heteroatoms. The van der Waals surface area contributed by atoms with E-state index in [2.05, 4.69) is 15.5 Å². The number of nitrogens with one attached hydrogen (secondary N) is 1. The summed E-state index contributed by atoms with van der Waals surface area (Å²) in [6.07, 6.45) is 3.30. The first kappa shape index (κ1) is 19.4. The molecule has 1 N–H and O–H groups in total. The van der Waals surface area contributed by atoms with E-state index in [1.54, 1.807) is 22.8 Å². The number of fused-ring (bicyclic) bond motifs is 1. The molecule has 1 aliphatic heterocycles. The van der Waals surface area contributed by atoms with Crippen LogP contribution in [0.25, 0.3) is 28.2 Å². The summed E-state index contributed by atoms with van der Waals surface area (Å²) in [5.41, 5.74) is 3.37. The largest absolute Gasteiger partial charge is 0.381 e. The Bertz CT molecular complexity index is 1240. The molecule has 31 heavy (non-hydrogen) atoms. The minimum atomic E-state index is -0.318. The second kappa shape index (κ2) is 7.92. The quantitative estimate of drug-likeness (QED) is 0.534. The van der Waals surface area contributed by atoms with Crippen LogP contribution in [-0.4, -0.2) is 38.9 Å². The Morgan fingerprint density at radius 3 is 2.68 bits per heavy atom. The molecule has 0 radical (unpaired) electrons. The van der Waals surface area contributed by atoms with Gasteiger partial charge in [-0.25, -0.2) is 13.9 Å². The third-order valence-corrected chi connectivity index (χ3v) is 5.31. The lowest BCUT2D eigenvalue weighted by Crippen LogP contribution is -2.14. The summed E-state index contributed by atoms with van der Waals surface area (Å²) >= 11 is 0. The molecule has 0 saturated carbocycles. The molecular weight excluding hydrogens is 401 g/mol. The highest BCUT2D eigenvalue weighted by Crippen LogP contribution is 2.40. The molecule has 0 aliphatic carbocycles. The summed E-state index contributed by atoms with van der Waals surface area (Å²) in [4.78, 5) is 15.7. The summed E-state index contributed by atoms with van der Waals surface area (Å²) in [7, 11) is 0. The predicted molar refractivity (Wildman–Crippen MR) is 111 cm³/mol. The van der Waals surface area contributed by atoms with E-state index in [9.17, 15) is 9.18 Å². The number of imidazole rings is 1. The van der Waals surface area contributed by atoms with Gasteiger partial charge in [-0.2, -0.15) is 5.10 Å². The van der Waals surface area contributed by atoms with Gasteiger partial charge in [0.1, 0.15) is 17.3 Å². The summed E-state index contributed by atoms with van der Waals surface area (Å²) in [5.74, 6) is 0.799. The maximum absolute atomic E-state index is 13.5. The Balaban J connectivity index is 1.64. The van der Waals surface area contributed by atoms with E-state index < -0.39 is 0 Å². The maximum Gasteiger partial charge on any atom is 0.222 e. The fourth-order valence-electron chi connectivity index (χ4n) is 3.85. The van der Waals surface area contributed by atoms with Crippen LogP contribution in [0.5, 0.6) is 0 Å². The average molecular weight is 421 g/mol. The van der Waals surface area contributed by atoms with Crippen molar-refractivity contribution < 1.29 is 18.4 Å². The van der Waals surface area contributed by atoms with Crippen molar-refractivity contribution in [3.63, 3.8) is 0 Å². The fraction of sp³-hybridized carbons (Fsp3) is 0.273. The Labute approximate surface area is 177 Å². The molecule has 158 valence electrons. The van der Waals surface area contributed by atoms with E-state index in [-0.39, 0.29) is 17.6 Å². The minimum absolute atomic E-state index is 0.153. The van der Waals surface area contributed by atoms with Crippen molar-refractivity contribution >= 4 is 17.4 Å². The standard InChI is InChI=1S/C22H20FN5O3/c1-13(29)24-18-12-28-19(25-18)7-6-17(26-28)20-21(14-2-4-16(23)5-3-14)27-31-22(20)15-8-10-30-11-9-15/h2-7,12,15H,8-11H2,1H3,(H,24,29). The van der Waals surface area contributed by atoms with Crippen molar-refractivity contribution in [2.45, 2.75) is 25.7 Å². The number of ether oxygens (including phenoxy) is 1. The van der Waals surface area contributed by atoms with Crippen LogP contribution in [0.15, 0.2) is 47.1 Å². The molecular formula is C22H20FN5O3. The molecule has 1 amide bonds. The first-order valence-corrected chi connectivity index (χ1v) is 10.1. The number of halogens is 1. The van der Waals surface area contributed by atoms with Crippen LogP contribution in [0.1, 0.15) is 31.4 Å². The van der Waals surface area contributed by atoms with Crippen molar-refractivity contribution in [1.29, 1.82) is 0 Å². The number of amides is 1.